The molecule has 1 heterocycles. The summed E-state index contributed by atoms with van der Waals surface area (Å²) in [6.45, 7) is 5.24. The summed E-state index contributed by atoms with van der Waals surface area (Å²) in [6, 6.07) is 19.8. The molecule has 1 unspecified atom stereocenters. The number of hydrogen-bond donors (Lipinski definition) is 0. The number of benzene rings is 2. The summed E-state index contributed by atoms with van der Waals surface area (Å²) in [4.78, 5) is 19.2. The molecule has 1 fully saturated rings. The van der Waals surface area contributed by atoms with Crippen molar-refractivity contribution in [1.29, 1.82) is 0 Å². The largest absolute Gasteiger partial charge is 0.492 e. The molecule has 1 aliphatic heterocycles. The minimum Gasteiger partial charge on any atom is -0.492 e. The second kappa shape index (κ2) is 9.53. The number of nitrogens with zero attached hydrogens (tertiary/aromatic N) is 3. The summed E-state index contributed by atoms with van der Waals surface area (Å²) in [5.41, 5.74) is 1.07. The lowest BCUT2D eigenvalue weighted by atomic mass is 10.0. The molecule has 1 aliphatic rings. The Hall–Kier alpha value is -2.37. The molecule has 0 spiro atoms. The highest BCUT2D eigenvalue weighted by atomic mass is 16.5. The first-order chi connectivity index (χ1) is 13.1. The molecule has 0 saturated carbocycles. The first-order valence-corrected chi connectivity index (χ1v) is 9.55. The smallest absolute Gasteiger partial charge is 0.244 e. The minimum atomic E-state index is -0.205. The summed E-state index contributed by atoms with van der Waals surface area (Å²) < 4.78 is 5.81. The average Bonchev–Trinajstić information content (AvgIpc) is 2.71. The number of amides is 1. The third-order valence-electron chi connectivity index (χ3n) is 4.98. The van der Waals surface area contributed by atoms with Crippen LogP contribution in [0.3, 0.4) is 0 Å². The molecular weight excluding hydrogens is 338 g/mol. The maximum absolute atomic E-state index is 12.8. The molecule has 0 bridgehead atoms. The fourth-order valence-corrected chi connectivity index (χ4v) is 3.44. The topological polar surface area (TPSA) is 36.0 Å². The van der Waals surface area contributed by atoms with Crippen LogP contribution in [0, 0.1) is 0 Å². The maximum Gasteiger partial charge on any atom is 0.244 e. The van der Waals surface area contributed by atoms with Crippen LogP contribution in [0.25, 0.3) is 0 Å². The average molecular weight is 367 g/mol. The third-order valence-corrected chi connectivity index (χ3v) is 4.98. The van der Waals surface area contributed by atoms with Gasteiger partial charge in [0, 0.05) is 46.8 Å². The molecule has 1 atom stereocenters. The van der Waals surface area contributed by atoms with Crippen LogP contribution in [-0.2, 0) is 4.79 Å². The van der Waals surface area contributed by atoms with Gasteiger partial charge in [-0.25, -0.2) is 0 Å². The van der Waals surface area contributed by atoms with E-state index in [1.54, 1.807) is 4.90 Å². The molecule has 0 N–H and O–H groups in total. The number of hydrogen-bond acceptors (Lipinski definition) is 4. The van der Waals surface area contributed by atoms with Gasteiger partial charge in [0.15, 0.2) is 0 Å². The zero-order chi connectivity index (χ0) is 19.1. The van der Waals surface area contributed by atoms with E-state index in [2.05, 4.69) is 9.80 Å². The fraction of sp³-hybridized carbons (Fsp3) is 0.409. The van der Waals surface area contributed by atoms with Crippen molar-refractivity contribution in [2.45, 2.75) is 6.04 Å². The number of carbonyl (C=O) groups excluding carboxylic acids is 1. The van der Waals surface area contributed by atoms with Crippen molar-refractivity contribution < 1.29 is 9.53 Å². The molecule has 0 aromatic heterocycles. The highest BCUT2D eigenvalue weighted by Gasteiger charge is 2.31. The van der Waals surface area contributed by atoms with E-state index < -0.39 is 0 Å². The van der Waals surface area contributed by atoms with Crippen molar-refractivity contribution in [1.82, 2.24) is 14.7 Å². The molecule has 144 valence electrons. The predicted molar refractivity (Wildman–Crippen MR) is 108 cm³/mol. The normalized spacial score (nSPS) is 16.7. The Morgan fingerprint density at radius 1 is 0.963 bits per heavy atom. The van der Waals surface area contributed by atoms with E-state index in [4.69, 9.17) is 4.74 Å². The Kier molecular flexibility index (Phi) is 6.85. The lowest BCUT2D eigenvalue weighted by Crippen LogP contribution is -2.51. The van der Waals surface area contributed by atoms with Gasteiger partial charge in [-0.2, -0.15) is 0 Å². The first kappa shape index (κ1) is 19.4. The van der Waals surface area contributed by atoms with E-state index in [0.29, 0.717) is 6.61 Å². The van der Waals surface area contributed by atoms with E-state index in [-0.39, 0.29) is 11.9 Å². The molecule has 3 rings (SSSR count). The minimum absolute atomic E-state index is 0.141. The molecule has 2 aromatic rings. The van der Waals surface area contributed by atoms with Crippen LogP contribution in [-0.4, -0.2) is 74.0 Å². The number of likely N-dealkylation sites (N-methyl/N-ethyl adjacent to an activating group) is 1. The highest BCUT2D eigenvalue weighted by Crippen LogP contribution is 2.24. The molecule has 5 heteroatoms. The van der Waals surface area contributed by atoms with Gasteiger partial charge in [-0.3, -0.25) is 14.6 Å². The van der Waals surface area contributed by atoms with Gasteiger partial charge in [-0.1, -0.05) is 48.5 Å². The van der Waals surface area contributed by atoms with Gasteiger partial charge in [-0.15, -0.1) is 0 Å². The van der Waals surface area contributed by atoms with Gasteiger partial charge in [0.1, 0.15) is 18.4 Å². The van der Waals surface area contributed by atoms with Gasteiger partial charge >= 0.3 is 0 Å². The van der Waals surface area contributed by atoms with Crippen molar-refractivity contribution >= 4 is 5.91 Å². The SMILES string of the molecule is CN(C)C(=O)C(c1ccccc1)N1CCN(CCOc2ccccc2)CC1. The van der Waals surface area contributed by atoms with Crippen LogP contribution in [0.15, 0.2) is 60.7 Å². The Balaban J connectivity index is 1.53. The van der Waals surface area contributed by atoms with Gasteiger partial charge in [0.25, 0.3) is 0 Å². The summed E-state index contributed by atoms with van der Waals surface area (Å²) >= 11 is 0. The summed E-state index contributed by atoms with van der Waals surface area (Å²) in [5, 5.41) is 0. The van der Waals surface area contributed by atoms with Gasteiger partial charge < -0.3 is 9.64 Å². The second-order valence-electron chi connectivity index (χ2n) is 7.09. The number of rotatable bonds is 7. The van der Waals surface area contributed by atoms with E-state index in [0.717, 1.165) is 44.0 Å². The number of piperazine rings is 1. The maximum atomic E-state index is 12.8. The van der Waals surface area contributed by atoms with Crippen LogP contribution in [0.5, 0.6) is 5.75 Å². The van der Waals surface area contributed by atoms with Crippen molar-refractivity contribution in [3.05, 3.63) is 66.2 Å². The third kappa shape index (κ3) is 5.31. The van der Waals surface area contributed by atoms with Crippen molar-refractivity contribution in [3.8, 4) is 5.75 Å². The molecule has 2 aromatic carbocycles. The fourth-order valence-electron chi connectivity index (χ4n) is 3.44. The highest BCUT2D eigenvalue weighted by molar-refractivity contribution is 5.82. The molecule has 27 heavy (non-hydrogen) atoms. The predicted octanol–water partition coefficient (Wildman–Crippen LogP) is 2.51. The van der Waals surface area contributed by atoms with Gasteiger partial charge in [0.05, 0.1) is 0 Å². The first-order valence-electron chi connectivity index (χ1n) is 9.55. The van der Waals surface area contributed by atoms with E-state index >= 15 is 0 Å². The lowest BCUT2D eigenvalue weighted by Gasteiger charge is -2.39. The molecule has 1 saturated heterocycles. The standard InChI is InChI=1S/C22H29N3O2/c1-23(2)22(26)21(19-9-5-3-6-10-19)25-15-13-24(14-16-25)17-18-27-20-11-7-4-8-12-20/h3-12,21H,13-18H2,1-2H3. The van der Waals surface area contributed by atoms with Crippen LogP contribution in [0.4, 0.5) is 0 Å². The number of carbonyl (C=O) groups is 1. The van der Waals surface area contributed by atoms with E-state index in [1.807, 2.05) is 74.8 Å². The quantitative estimate of drug-likeness (QED) is 0.753. The lowest BCUT2D eigenvalue weighted by molar-refractivity contribution is -0.135. The van der Waals surface area contributed by atoms with Crippen LogP contribution in [0.2, 0.25) is 0 Å². The Morgan fingerprint density at radius 2 is 1.56 bits per heavy atom. The van der Waals surface area contributed by atoms with Crippen LogP contribution in [0.1, 0.15) is 11.6 Å². The molecule has 1 amide bonds. The Labute approximate surface area is 162 Å². The van der Waals surface area contributed by atoms with E-state index in [1.165, 1.54) is 0 Å². The summed E-state index contributed by atoms with van der Waals surface area (Å²) in [7, 11) is 3.66. The molecular formula is C22H29N3O2. The Bertz CT molecular complexity index is 698. The van der Waals surface area contributed by atoms with Gasteiger partial charge in [-0.05, 0) is 17.7 Å². The molecule has 0 radical (unpaired) electrons. The monoisotopic (exact) mass is 367 g/mol. The van der Waals surface area contributed by atoms with Crippen molar-refractivity contribution in [2.75, 3.05) is 53.4 Å². The van der Waals surface area contributed by atoms with Crippen molar-refractivity contribution in [2.24, 2.45) is 0 Å². The molecule has 5 nitrogen and oxygen atoms in total. The molecule has 0 aliphatic carbocycles. The second-order valence-corrected chi connectivity index (χ2v) is 7.09. The number of para-hydroxylation sites is 1. The van der Waals surface area contributed by atoms with E-state index in [9.17, 15) is 4.79 Å². The van der Waals surface area contributed by atoms with Crippen LogP contribution < -0.4 is 4.74 Å². The summed E-state index contributed by atoms with van der Waals surface area (Å²) in [5.74, 6) is 1.05. The summed E-state index contributed by atoms with van der Waals surface area (Å²) in [6.07, 6.45) is 0. The van der Waals surface area contributed by atoms with Gasteiger partial charge in [0.2, 0.25) is 5.91 Å². The zero-order valence-electron chi connectivity index (χ0n) is 16.3. The Morgan fingerprint density at radius 3 is 2.15 bits per heavy atom. The zero-order valence-corrected chi connectivity index (χ0v) is 16.3. The number of ether oxygens (including phenoxy) is 1. The van der Waals surface area contributed by atoms with Crippen molar-refractivity contribution in [3.63, 3.8) is 0 Å². The van der Waals surface area contributed by atoms with Crippen LogP contribution >= 0.6 is 0 Å².